The Balaban J connectivity index is 1.23. The molecule has 12 heteroatoms. The molecule has 0 radical (unpaired) electrons. The van der Waals surface area contributed by atoms with E-state index in [4.69, 9.17) is 9.57 Å². The third-order valence-corrected chi connectivity index (χ3v) is 10.1. The van der Waals surface area contributed by atoms with Gasteiger partial charge in [-0.2, -0.15) is 0 Å². The van der Waals surface area contributed by atoms with E-state index >= 15 is 0 Å². The van der Waals surface area contributed by atoms with Gasteiger partial charge in [-0.25, -0.2) is 4.79 Å². The van der Waals surface area contributed by atoms with E-state index in [1.807, 2.05) is 113 Å². The minimum Gasteiger partial charge on any atom is -0.445 e. The first kappa shape index (κ1) is 38.2. The number of ketones is 1. The number of carbonyl (C=O) groups is 5. The molecular formula is C42H49N5O7. The first-order chi connectivity index (χ1) is 25.9. The van der Waals surface area contributed by atoms with Crippen molar-refractivity contribution in [3.63, 3.8) is 0 Å². The van der Waals surface area contributed by atoms with Crippen molar-refractivity contribution in [3.05, 3.63) is 96.1 Å². The number of Topliss-reactive ketones (excluding diaryl/α,β-unsaturated/α-hetero) is 1. The maximum absolute atomic E-state index is 14.6. The van der Waals surface area contributed by atoms with Crippen LogP contribution in [-0.4, -0.2) is 76.5 Å². The Morgan fingerprint density at radius 2 is 1.52 bits per heavy atom. The molecule has 2 aliphatic heterocycles. The first-order valence-electron chi connectivity index (χ1n) is 18.7. The van der Waals surface area contributed by atoms with Crippen molar-refractivity contribution >= 4 is 35.3 Å². The van der Waals surface area contributed by atoms with Crippen LogP contribution < -0.4 is 16.0 Å². The standard InChI is InChI=1S/C42H49N5O7/c1-5-12-32(35(48)38(50)43-31-21-22-31)44-37(49)34-24-42(23-33(46-54-42)30-19-17-29(18-20-30)28-15-10-7-11-16-28)26-47(34)39(51)36(41(2,3)4)45-40(52)53-25-27-13-8-6-9-14-27/h6-11,13-20,31-32,34,36H,5,12,21-26H2,1-4H3,(H,43,50)(H,44,49)(H,45,52)/t32-,34-,36+,42+/m0/s1. The van der Waals surface area contributed by atoms with Crippen LogP contribution in [-0.2, 0) is 35.4 Å². The second kappa shape index (κ2) is 16.2. The number of nitrogens with one attached hydrogen (secondary N) is 3. The van der Waals surface area contributed by atoms with Crippen LogP contribution in [0.25, 0.3) is 11.1 Å². The molecule has 3 aliphatic rings. The number of ether oxygens (including phenoxy) is 1. The average Bonchev–Trinajstić information content (AvgIpc) is 3.77. The second-order valence-corrected chi connectivity index (χ2v) is 15.6. The largest absolute Gasteiger partial charge is 0.445 e. The van der Waals surface area contributed by atoms with Crippen molar-refractivity contribution in [2.45, 2.75) is 103 Å². The van der Waals surface area contributed by atoms with Gasteiger partial charge in [-0.15, -0.1) is 0 Å². The van der Waals surface area contributed by atoms with Gasteiger partial charge in [0.05, 0.1) is 18.3 Å². The normalized spacial score (nSPS) is 20.3. The monoisotopic (exact) mass is 735 g/mol. The fourth-order valence-corrected chi connectivity index (χ4v) is 6.93. The van der Waals surface area contributed by atoms with Gasteiger partial charge < -0.3 is 30.4 Å². The molecule has 2 fully saturated rings. The number of hydrogen-bond donors (Lipinski definition) is 3. The van der Waals surface area contributed by atoms with Crippen molar-refractivity contribution in [1.82, 2.24) is 20.9 Å². The van der Waals surface area contributed by atoms with Gasteiger partial charge >= 0.3 is 6.09 Å². The highest BCUT2D eigenvalue weighted by atomic mass is 16.7. The zero-order chi connectivity index (χ0) is 38.5. The van der Waals surface area contributed by atoms with Crippen LogP contribution in [0.15, 0.2) is 90.1 Å². The fraction of sp³-hybridized carbons (Fsp3) is 0.429. The third kappa shape index (κ3) is 9.15. The van der Waals surface area contributed by atoms with Gasteiger partial charge in [-0.3, -0.25) is 19.2 Å². The lowest BCUT2D eigenvalue weighted by atomic mass is 9.85. The number of carbonyl (C=O) groups excluding carboxylic acids is 5. The molecule has 1 saturated heterocycles. The summed E-state index contributed by atoms with van der Waals surface area (Å²) in [6, 6.07) is 23.9. The summed E-state index contributed by atoms with van der Waals surface area (Å²) in [5.74, 6) is -2.55. The topological polar surface area (TPSA) is 156 Å². The van der Waals surface area contributed by atoms with E-state index in [9.17, 15) is 24.0 Å². The van der Waals surface area contributed by atoms with Crippen molar-refractivity contribution < 1.29 is 33.5 Å². The van der Waals surface area contributed by atoms with E-state index in [1.165, 1.54) is 4.90 Å². The highest BCUT2D eigenvalue weighted by molar-refractivity contribution is 6.38. The van der Waals surface area contributed by atoms with Gasteiger partial charge in [0.1, 0.15) is 18.7 Å². The molecule has 0 unspecified atom stereocenters. The minimum atomic E-state index is -1.09. The Hall–Kier alpha value is -5.52. The molecule has 284 valence electrons. The van der Waals surface area contributed by atoms with E-state index in [1.54, 1.807) is 0 Å². The number of oxime groups is 1. The summed E-state index contributed by atoms with van der Waals surface area (Å²) in [6.45, 7) is 7.32. The number of likely N-dealkylation sites (tertiary alicyclic amines) is 1. The fourth-order valence-electron chi connectivity index (χ4n) is 6.93. The molecule has 3 N–H and O–H groups in total. The second-order valence-electron chi connectivity index (χ2n) is 15.6. The maximum Gasteiger partial charge on any atom is 0.408 e. The molecule has 12 nitrogen and oxygen atoms in total. The lowest BCUT2D eigenvalue weighted by molar-refractivity contribution is -0.144. The van der Waals surface area contributed by atoms with Crippen molar-refractivity contribution in [3.8, 4) is 11.1 Å². The molecule has 3 aromatic rings. The smallest absolute Gasteiger partial charge is 0.408 e. The summed E-state index contributed by atoms with van der Waals surface area (Å²) in [7, 11) is 0. The zero-order valence-corrected chi connectivity index (χ0v) is 31.3. The van der Waals surface area contributed by atoms with E-state index in [0.29, 0.717) is 18.6 Å². The number of hydrogen-bond acceptors (Lipinski definition) is 8. The summed E-state index contributed by atoms with van der Waals surface area (Å²) in [5, 5.41) is 12.7. The van der Waals surface area contributed by atoms with E-state index < -0.39 is 58.7 Å². The van der Waals surface area contributed by atoms with Crippen molar-refractivity contribution in [1.29, 1.82) is 0 Å². The number of amides is 4. The molecule has 54 heavy (non-hydrogen) atoms. The molecule has 1 spiro atoms. The van der Waals surface area contributed by atoms with Crippen LogP contribution >= 0.6 is 0 Å². The van der Waals surface area contributed by atoms with E-state index in [0.717, 1.165) is 35.1 Å². The summed E-state index contributed by atoms with van der Waals surface area (Å²) in [6.07, 6.45) is 2.03. The number of alkyl carbamates (subject to hydrolysis) is 1. The average molecular weight is 736 g/mol. The lowest BCUT2D eigenvalue weighted by Gasteiger charge is -2.35. The molecule has 1 saturated carbocycles. The van der Waals surface area contributed by atoms with Crippen LogP contribution in [0.5, 0.6) is 0 Å². The predicted octanol–water partition coefficient (Wildman–Crippen LogP) is 5.29. The zero-order valence-electron chi connectivity index (χ0n) is 31.3. The number of nitrogens with zero attached hydrogens (tertiary/aromatic N) is 2. The van der Waals surface area contributed by atoms with Gasteiger partial charge in [-0.1, -0.05) is 124 Å². The summed E-state index contributed by atoms with van der Waals surface area (Å²) < 4.78 is 5.48. The highest BCUT2D eigenvalue weighted by Gasteiger charge is 2.55. The first-order valence-corrected chi connectivity index (χ1v) is 18.7. The maximum atomic E-state index is 14.6. The molecule has 6 rings (SSSR count). The van der Waals surface area contributed by atoms with Crippen LogP contribution in [0.4, 0.5) is 4.79 Å². The van der Waals surface area contributed by atoms with E-state index in [2.05, 4.69) is 21.1 Å². The molecular weight excluding hydrogens is 686 g/mol. The Bertz CT molecular complexity index is 1870. The van der Waals surface area contributed by atoms with Crippen LogP contribution in [0.2, 0.25) is 0 Å². The number of rotatable bonds is 13. The molecule has 4 atom stereocenters. The van der Waals surface area contributed by atoms with Crippen LogP contribution in [0.1, 0.15) is 77.3 Å². The van der Waals surface area contributed by atoms with Gasteiger partial charge in [-0.05, 0) is 46.9 Å². The summed E-state index contributed by atoms with van der Waals surface area (Å²) in [4.78, 5) is 75.5. The molecule has 3 aromatic carbocycles. The Morgan fingerprint density at radius 1 is 0.889 bits per heavy atom. The SMILES string of the molecule is CCC[C@H](NC(=O)[C@@H]1C[C@]2(CC(c3ccc(-c4ccccc4)cc3)=NO2)CN1C(=O)[C@@H](NC(=O)OCc1ccccc1)C(C)(C)C)C(=O)C(=O)NC1CC1. The third-order valence-electron chi connectivity index (χ3n) is 10.1. The molecule has 0 bridgehead atoms. The Kier molecular flexibility index (Phi) is 11.5. The lowest BCUT2D eigenvalue weighted by Crippen LogP contribution is -2.59. The molecule has 2 heterocycles. The minimum absolute atomic E-state index is 0.000892. The van der Waals surface area contributed by atoms with Crippen molar-refractivity contribution in [2.75, 3.05) is 6.54 Å². The van der Waals surface area contributed by atoms with Gasteiger partial charge in [0.25, 0.3) is 5.91 Å². The van der Waals surface area contributed by atoms with Gasteiger partial charge in [0.15, 0.2) is 5.60 Å². The molecule has 0 aromatic heterocycles. The predicted molar refractivity (Wildman–Crippen MR) is 203 cm³/mol. The van der Waals surface area contributed by atoms with Crippen molar-refractivity contribution in [2.24, 2.45) is 10.6 Å². The van der Waals surface area contributed by atoms with E-state index in [-0.39, 0.29) is 32.0 Å². The van der Waals surface area contributed by atoms with Gasteiger partial charge in [0.2, 0.25) is 17.6 Å². The molecule has 4 amide bonds. The highest BCUT2D eigenvalue weighted by Crippen LogP contribution is 2.40. The molecule has 1 aliphatic carbocycles. The van der Waals surface area contributed by atoms with Crippen LogP contribution in [0, 0.1) is 5.41 Å². The summed E-state index contributed by atoms with van der Waals surface area (Å²) in [5.41, 5.74) is 2.61. The Morgan fingerprint density at radius 3 is 2.15 bits per heavy atom. The van der Waals surface area contributed by atoms with Gasteiger partial charge in [0, 0.05) is 18.9 Å². The van der Waals surface area contributed by atoms with Crippen LogP contribution in [0.3, 0.4) is 0 Å². The Labute approximate surface area is 316 Å². The summed E-state index contributed by atoms with van der Waals surface area (Å²) >= 11 is 0. The number of benzene rings is 3. The quantitative estimate of drug-likeness (QED) is 0.202.